The molecule has 90 valence electrons. The maximum absolute atomic E-state index is 13.3. The van der Waals surface area contributed by atoms with Crippen LogP contribution in [-0.2, 0) is 6.54 Å². The molecular formula is C12H13BrFN3. The predicted molar refractivity (Wildman–Crippen MR) is 67.9 cm³/mol. The molecule has 17 heavy (non-hydrogen) atoms. The smallest absolute Gasteiger partial charge is 0.137 e. The SMILES string of the molecule is CC(NCc1ccc(Br)c(F)c1)c1cn[nH]c1. The molecule has 0 radical (unpaired) electrons. The maximum Gasteiger partial charge on any atom is 0.137 e. The van der Waals surface area contributed by atoms with Crippen LogP contribution in [0.2, 0.25) is 0 Å². The van der Waals surface area contributed by atoms with Gasteiger partial charge in [0, 0.05) is 24.3 Å². The Morgan fingerprint density at radius 2 is 2.35 bits per heavy atom. The lowest BCUT2D eigenvalue weighted by molar-refractivity contribution is 0.568. The summed E-state index contributed by atoms with van der Waals surface area (Å²) in [5.74, 6) is -0.236. The van der Waals surface area contributed by atoms with E-state index in [1.807, 2.05) is 19.2 Å². The molecule has 0 saturated heterocycles. The highest BCUT2D eigenvalue weighted by atomic mass is 79.9. The number of aromatic amines is 1. The summed E-state index contributed by atoms with van der Waals surface area (Å²) in [5, 5.41) is 9.97. The first kappa shape index (κ1) is 12.3. The number of halogens is 2. The summed E-state index contributed by atoms with van der Waals surface area (Å²) in [7, 11) is 0. The number of hydrogen-bond donors (Lipinski definition) is 2. The summed E-state index contributed by atoms with van der Waals surface area (Å²) >= 11 is 3.13. The lowest BCUT2D eigenvalue weighted by atomic mass is 10.1. The van der Waals surface area contributed by atoms with Crippen LogP contribution in [0.3, 0.4) is 0 Å². The van der Waals surface area contributed by atoms with Crippen LogP contribution in [0.4, 0.5) is 4.39 Å². The number of hydrogen-bond acceptors (Lipinski definition) is 2. The van der Waals surface area contributed by atoms with Gasteiger partial charge in [-0.1, -0.05) is 6.07 Å². The fraction of sp³-hybridized carbons (Fsp3) is 0.250. The molecular weight excluding hydrogens is 285 g/mol. The first-order valence-electron chi connectivity index (χ1n) is 5.33. The van der Waals surface area contributed by atoms with Gasteiger partial charge in [-0.15, -0.1) is 0 Å². The van der Waals surface area contributed by atoms with Gasteiger partial charge in [0.1, 0.15) is 5.82 Å². The molecule has 2 rings (SSSR count). The Kier molecular flexibility index (Phi) is 3.91. The van der Waals surface area contributed by atoms with Crippen molar-refractivity contribution in [1.82, 2.24) is 15.5 Å². The molecule has 1 atom stereocenters. The lowest BCUT2D eigenvalue weighted by Gasteiger charge is -2.12. The zero-order valence-corrected chi connectivity index (χ0v) is 11.0. The van der Waals surface area contributed by atoms with E-state index in [0.29, 0.717) is 11.0 Å². The fourth-order valence-corrected chi connectivity index (χ4v) is 1.78. The molecule has 0 amide bonds. The van der Waals surface area contributed by atoms with E-state index >= 15 is 0 Å². The Balaban J connectivity index is 1.96. The van der Waals surface area contributed by atoms with Gasteiger partial charge in [0.2, 0.25) is 0 Å². The Bertz CT molecular complexity index is 485. The van der Waals surface area contributed by atoms with Gasteiger partial charge in [-0.2, -0.15) is 5.10 Å². The molecule has 0 aliphatic carbocycles. The van der Waals surface area contributed by atoms with Crippen molar-refractivity contribution in [2.75, 3.05) is 0 Å². The summed E-state index contributed by atoms with van der Waals surface area (Å²) in [6.07, 6.45) is 3.62. The second-order valence-electron chi connectivity index (χ2n) is 3.88. The van der Waals surface area contributed by atoms with Crippen molar-refractivity contribution in [1.29, 1.82) is 0 Å². The Hall–Kier alpha value is -1.20. The van der Waals surface area contributed by atoms with Crippen molar-refractivity contribution in [2.24, 2.45) is 0 Å². The minimum absolute atomic E-state index is 0.181. The zero-order valence-electron chi connectivity index (χ0n) is 9.37. The van der Waals surface area contributed by atoms with Gasteiger partial charge in [0.05, 0.1) is 10.7 Å². The molecule has 2 N–H and O–H groups in total. The molecule has 0 fully saturated rings. The van der Waals surface area contributed by atoms with E-state index in [1.54, 1.807) is 12.3 Å². The van der Waals surface area contributed by atoms with Crippen LogP contribution in [0.1, 0.15) is 24.1 Å². The van der Waals surface area contributed by atoms with E-state index in [0.717, 1.165) is 11.1 Å². The van der Waals surface area contributed by atoms with Crippen molar-refractivity contribution < 1.29 is 4.39 Å². The van der Waals surface area contributed by atoms with Crippen LogP contribution in [0, 0.1) is 5.82 Å². The molecule has 2 aromatic rings. The van der Waals surface area contributed by atoms with Gasteiger partial charge in [-0.3, -0.25) is 5.10 Å². The molecule has 1 aromatic carbocycles. The van der Waals surface area contributed by atoms with Gasteiger partial charge in [0.15, 0.2) is 0 Å². The Morgan fingerprint density at radius 3 is 3.00 bits per heavy atom. The highest BCUT2D eigenvalue weighted by Gasteiger charge is 2.06. The second-order valence-corrected chi connectivity index (χ2v) is 4.74. The largest absolute Gasteiger partial charge is 0.306 e. The maximum atomic E-state index is 13.3. The average Bonchev–Trinajstić information content (AvgIpc) is 2.84. The van der Waals surface area contributed by atoms with Crippen LogP contribution in [0.25, 0.3) is 0 Å². The van der Waals surface area contributed by atoms with Crippen molar-refractivity contribution in [3.05, 3.63) is 52.0 Å². The monoisotopic (exact) mass is 297 g/mol. The lowest BCUT2D eigenvalue weighted by Crippen LogP contribution is -2.17. The molecule has 0 aliphatic rings. The molecule has 5 heteroatoms. The number of nitrogens with one attached hydrogen (secondary N) is 2. The first-order valence-corrected chi connectivity index (χ1v) is 6.12. The predicted octanol–water partition coefficient (Wildman–Crippen LogP) is 3.16. The minimum atomic E-state index is -0.236. The molecule has 3 nitrogen and oxygen atoms in total. The van der Waals surface area contributed by atoms with E-state index in [4.69, 9.17) is 0 Å². The minimum Gasteiger partial charge on any atom is -0.306 e. The van der Waals surface area contributed by atoms with Crippen molar-refractivity contribution in [3.63, 3.8) is 0 Å². The number of H-pyrrole nitrogens is 1. The van der Waals surface area contributed by atoms with Crippen LogP contribution in [-0.4, -0.2) is 10.2 Å². The quantitative estimate of drug-likeness (QED) is 0.910. The number of benzene rings is 1. The van der Waals surface area contributed by atoms with Crippen molar-refractivity contribution in [2.45, 2.75) is 19.5 Å². The van der Waals surface area contributed by atoms with Crippen LogP contribution in [0.15, 0.2) is 35.1 Å². The van der Waals surface area contributed by atoms with Gasteiger partial charge >= 0.3 is 0 Å². The summed E-state index contributed by atoms with van der Waals surface area (Å²) in [6.45, 7) is 2.66. The zero-order chi connectivity index (χ0) is 12.3. The van der Waals surface area contributed by atoms with E-state index in [9.17, 15) is 4.39 Å². The summed E-state index contributed by atoms with van der Waals surface area (Å²) in [6, 6.07) is 5.32. The molecule has 0 aliphatic heterocycles. The highest BCUT2D eigenvalue weighted by molar-refractivity contribution is 9.10. The van der Waals surface area contributed by atoms with Gasteiger partial charge < -0.3 is 5.32 Å². The van der Waals surface area contributed by atoms with Gasteiger partial charge in [-0.25, -0.2) is 4.39 Å². The molecule has 1 aromatic heterocycles. The normalized spacial score (nSPS) is 12.6. The van der Waals surface area contributed by atoms with Gasteiger partial charge in [0.25, 0.3) is 0 Å². The number of nitrogens with zero attached hydrogens (tertiary/aromatic N) is 1. The standard InChI is InChI=1S/C12H13BrFN3/c1-8(10-6-16-17-7-10)15-5-9-2-3-11(13)12(14)4-9/h2-4,6-8,15H,5H2,1H3,(H,16,17). The molecule has 1 unspecified atom stereocenters. The van der Waals surface area contributed by atoms with Crippen molar-refractivity contribution in [3.8, 4) is 0 Å². The Morgan fingerprint density at radius 1 is 1.53 bits per heavy atom. The molecule has 0 saturated carbocycles. The average molecular weight is 298 g/mol. The van der Waals surface area contributed by atoms with Crippen LogP contribution in [0.5, 0.6) is 0 Å². The van der Waals surface area contributed by atoms with E-state index in [-0.39, 0.29) is 11.9 Å². The summed E-state index contributed by atoms with van der Waals surface area (Å²) < 4.78 is 13.8. The third-order valence-electron chi connectivity index (χ3n) is 2.62. The molecule has 0 spiro atoms. The third-order valence-corrected chi connectivity index (χ3v) is 3.26. The van der Waals surface area contributed by atoms with Crippen LogP contribution < -0.4 is 5.32 Å². The van der Waals surface area contributed by atoms with Gasteiger partial charge in [-0.05, 0) is 40.5 Å². The highest BCUT2D eigenvalue weighted by Crippen LogP contribution is 2.17. The van der Waals surface area contributed by atoms with Crippen LogP contribution >= 0.6 is 15.9 Å². The van der Waals surface area contributed by atoms with E-state index in [2.05, 4.69) is 31.4 Å². The first-order chi connectivity index (χ1) is 8.16. The topological polar surface area (TPSA) is 40.7 Å². The number of rotatable bonds is 4. The van der Waals surface area contributed by atoms with E-state index in [1.165, 1.54) is 6.07 Å². The van der Waals surface area contributed by atoms with E-state index < -0.39 is 0 Å². The summed E-state index contributed by atoms with van der Waals surface area (Å²) in [5.41, 5.74) is 2.00. The fourth-order valence-electron chi connectivity index (χ4n) is 1.54. The molecule has 0 bridgehead atoms. The summed E-state index contributed by atoms with van der Waals surface area (Å²) in [4.78, 5) is 0. The second kappa shape index (κ2) is 5.42. The number of aromatic nitrogens is 2. The molecule has 1 heterocycles. The van der Waals surface area contributed by atoms with Crippen molar-refractivity contribution >= 4 is 15.9 Å². The third kappa shape index (κ3) is 3.14. The Labute approximate surface area is 108 Å².